The molecule has 1 aliphatic heterocycles. The van der Waals surface area contributed by atoms with Crippen molar-refractivity contribution in [2.45, 2.75) is 44.6 Å². The van der Waals surface area contributed by atoms with Gasteiger partial charge in [-0.3, -0.25) is 0 Å². The lowest BCUT2D eigenvalue weighted by molar-refractivity contribution is 0.104. The number of alkyl halides is 1. The number of halogens is 1. The number of hydrogen-bond acceptors (Lipinski definition) is 2. The molecule has 0 amide bonds. The van der Waals surface area contributed by atoms with Crippen LogP contribution < -0.4 is 5.32 Å². The van der Waals surface area contributed by atoms with Crippen LogP contribution in [-0.2, 0) is 4.74 Å². The molecule has 1 heterocycles. The second kappa shape index (κ2) is 6.83. The summed E-state index contributed by atoms with van der Waals surface area (Å²) in [6, 6.07) is 0. The van der Waals surface area contributed by atoms with Crippen LogP contribution in [0.4, 0.5) is 0 Å². The van der Waals surface area contributed by atoms with Gasteiger partial charge in [-0.05, 0) is 57.0 Å². The van der Waals surface area contributed by atoms with Crippen molar-refractivity contribution in [1.82, 2.24) is 5.32 Å². The fourth-order valence-electron chi connectivity index (χ4n) is 3.01. The third-order valence-corrected chi connectivity index (χ3v) is 4.48. The Balaban J connectivity index is 1.53. The second-order valence-electron chi connectivity index (χ2n) is 5.23. The molecule has 2 nitrogen and oxygen atoms in total. The first kappa shape index (κ1) is 12.7. The zero-order valence-corrected chi connectivity index (χ0v) is 10.8. The van der Waals surface area contributed by atoms with E-state index in [1.54, 1.807) is 0 Å². The molecule has 2 rings (SSSR count). The van der Waals surface area contributed by atoms with E-state index in [0.717, 1.165) is 37.4 Å². The molecule has 2 aliphatic rings. The lowest BCUT2D eigenvalue weighted by Crippen LogP contribution is -2.28. The number of hydrogen-bond donors (Lipinski definition) is 1. The lowest BCUT2D eigenvalue weighted by Gasteiger charge is -2.18. The van der Waals surface area contributed by atoms with Crippen molar-refractivity contribution in [1.29, 1.82) is 0 Å². The summed E-state index contributed by atoms with van der Waals surface area (Å²) in [5.41, 5.74) is 0. The summed E-state index contributed by atoms with van der Waals surface area (Å²) in [7, 11) is 0. The third-order valence-electron chi connectivity index (χ3n) is 4.09. The van der Waals surface area contributed by atoms with Gasteiger partial charge in [-0.2, -0.15) is 0 Å². The first-order valence-corrected chi connectivity index (χ1v) is 7.32. The lowest BCUT2D eigenvalue weighted by atomic mass is 9.98. The van der Waals surface area contributed by atoms with Gasteiger partial charge in [0.2, 0.25) is 0 Å². The summed E-state index contributed by atoms with van der Waals surface area (Å²) >= 11 is 5.97. The van der Waals surface area contributed by atoms with Gasteiger partial charge < -0.3 is 10.1 Å². The van der Waals surface area contributed by atoms with Crippen molar-refractivity contribution < 1.29 is 4.74 Å². The van der Waals surface area contributed by atoms with Gasteiger partial charge in [0.1, 0.15) is 0 Å². The van der Waals surface area contributed by atoms with E-state index in [4.69, 9.17) is 16.3 Å². The highest BCUT2D eigenvalue weighted by Crippen LogP contribution is 2.31. The number of ether oxygens (including phenoxy) is 1. The van der Waals surface area contributed by atoms with E-state index in [2.05, 4.69) is 5.32 Å². The summed E-state index contributed by atoms with van der Waals surface area (Å²) in [5, 5.41) is 3.58. The van der Waals surface area contributed by atoms with Gasteiger partial charge in [-0.1, -0.05) is 6.42 Å². The van der Waals surface area contributed by atoms with E-state index in [0.29, 0.717) is 6.10 Å². The van der Waals surface area contributed by atoms with E-state index >= 15 is 0 Å². The Kier molecular flexibility index (Phi) is 5.40. The topological polar surface area (TPSA) is 21.3 Å². The SMILES string of the molecule is ClCC1CCCC1CNCCC1CCCO1. The van der Waals surface area contributed by atoms with Crippen molar-refractivity contribution in [2.24, 2.45) is 11.8 Å². The monoisotopic (exact) mass is 245 g/mol. The highest BCUT2D eigenvalue weighted by molar-refractivity contribution is 6.18. The molecule has 0 aromatic rings. The van der Waals surface area contributed by atoms with Crippen molar-refractivity contribution >= 4 is 11.6 Å². The minimum Gasteiger partial charge on any atom is -0.378 e. The molecule has 0 spiro atoms. The molecule has 0 aromatic heterocycles. The van der Waals surface area contributed by atoms with E-state index in [1.165, 1.54) is 38.5 Å². The fourth-order valence-corrected chi connectivity index (χ4v) is 3.41. The van der Waals surface area contributed by atoms with Crippen LogP contribution in [0.15, 0.2) is 0 Å². The Morgan fingerprint density at radius 3 is 2.75 bits per heavy atom. The van der Waals surface area contributed by atoms with Crippen LogP contribution in [0.2, 0.25) is 0 Å². The molecule has 1 aliphatic carbocycles. The molecule has 16 heavy (non-hydrogen) atoms. The number of rotatable bonds is 6. The van der Waals surface area contributed by atoms with E-state index in [9.17, 15) is 0 Å². The smallest absolute Gasteiger partial charge is 0.0588 e. The summed E-state index contributed by atoms with van der Waals surface area (Å²) in [4.78, 5) is 0. The van der Waals surface area contributed by atoms with Crippen LogP contribution in [0, 0.1) is 11.8 Å². The molecule has 2 fully saturated rings. The maximum Gasteiger partial charge on any atom is 0.0588 e. The van der Waals surface area contributed by atoms with Crippen molar-refractivity contribution in [3.05, 3.63) is 0 Å². The molecule has 1 saturated heterocycles. The van der Waals surface area contributed by atoms with E-state index in [-0.39, 0.29) is 0 Å². The van der Waals surface area contributed by atoms with Crippen LogP contribution in [-0.4, -0.2) is 31.7 Å². The average Bonchev–Trinajstić information content (AvgIpc) is 2.95. The normalized spacial score (nSPS) is 34.7. The van der Waals surface area contributed by atoms with Crippen LogP contribution in [0.25, 0.3) is 0 Å². The molecular formula is C13H24ClNO. The molecule has 1 N–H and O–H groups in total. The maximum absolute atomic E-state index is 5.97. The number of nitrogens with one attached hydrogen (secondary N) is 1. The molecule has 0 bridgehead atoms. The van der Waals surface area contributed by atoms with Gasteiger partial charge >= 0.3 is 0 Å². The van der Waals surface area contributed by atoms with Gasteiger partial charge in [-0.25, -0.2) is 0 Å². The van der Waals surface area contributed by atoms with Crippen molar-refractivity contribution in [2.75, 3.05) is 25.6 Å². The highest BCUT2D eigenvalue weighted by atomic mass is 35.5. The third kappa shape index (κ3) is 3.61. The Hall–Kier alpha value is 0.210. The van der Waals surface area contributed by atoms with Crippen molar-refractivity contribution in [3.63, 3.8) is 0 Å². The summed E-state index contributed by atoms with van der Waals surface area (Å²) in [5.74, 6) is 2.43. The molecule has 0 radical (unpaired) electrons. The van der Waals surface area contributed by atoms with Crippen LogP contribution in [0.1, 0.15) is 38.5 Å². The predicted octanol–water partition coefficient (Wildman–Crippen LogP) is 2.80. The summed E-state index contributed by atoms with van der Waals surface area (Å²) in [6.45, 7) is 3.24. The van der Waals surface area contributed by atoms with Gasteiger partial charge in [-0.15, -0.1) is 11.6 Å². The first-order chi connectivity index (χ1) is 7.90. The minimum absolute atomic E-state index is 0.528. The standard InChI is InChI=1S/C13H24ClNO/c14-9-11-3-1-4-12(11)10-15-7-6-13-5-2-8-16-13/h11-13,15H,1-10H2. The zero-order chi connectivity index (χ0) is 11.2. The summed E-state index contributed by atoms with van der Waals surface area (Å²) in [6.07, 6.45) is 8.29. The average molecular weight is 246 g/mol. The molecule has 94 valence electrons. The zero-order valence-electron chi connectivity index (χ0n) is 10.1. The molecule has 0 aromatic carbocycles. The Labute approximate surface area is 104 Å². The Morgan fingerprint density at radius 1 is 1.12 bits per heavy atom. The van der Waals surface area contributed by atoms with Crippen LogP contribution in [0.3, 0.4) is 0 Å². The second-order valence-corrected chi connectivity index (χ2v) is 5.54. The van der Waals surface area contributed by atoms with Gasteiger partial charge in [0, 0.05) is 12.5 Å². The quantitative estimate of drug-likeness (QED) is 0.574. The van der Waals surface area contributed by atoms with E-state index < -0.39 is 0 Å². The first-order valence-electron chi connectivity index (χ1n) is 6.78. The Bertz CT molecular complexity index is 194. The van der Waals surface area contributed by atoms with E-state index in [1.807, 2.05) is 0 Å². The largest absolute Gasteiger partial charge is 0.378 e. The molecule has 3 unspecified atom stereocenters. The van der Waals surface area contributed by atoms with Crippen LogP contribution in [0.5, 0.6) is 0 Å². The molecule has 1 saturated carbocycles. The summed E-state index contributed by atoms with van der Waals surface area (Å²) < 4.78 is 5.61. The Morgan fingerprint density at radius 2 is 2.00 bits per heavy atom. The van der Waals surface area contributed by atoms with Gasteiger partial charge in [0.05, 0.1) is 6.10 Å². The minimum atomic E-state index is 0.528. The maximum atomic E-state index is 5.97. The van der Waals surface area contributed by atoms with Crippen molar-refractivity contribution in [3.8, 4) is 0 Å². The molecule has 3 heteroatoms. The van der Waals surface area contributed by atoms with Gasteiger partial charge in [0.15, 0.2) is 0 Å². The van der Waals surface area contributed by atoms with Gasteiger partial charge in [0.25, 0.3) is 0 Å². The highest BCUT2D eigenvalue weighted by Gasteiger charge is 2.25. The molecule has 3 atom stereocenters. The molecular weight excluding hydrogens is 222 g/mol. The predicted molar refractivity (Wildman–Crippen MR) is 68.0 cm³/mol. The van der Waals surface area contributed by atoms with Crippen LogP contribution >= 0.6 is 11.6 Å². The fraction of sp³-hybridized carbons (Fsp3) is 1.00.